The van der Waals surface area contributed by atoms with Crippen LogP contribution in [0.3, 0.4) is 0 Å². The number of hydrogen-bond acceptors (Lipinski definition) is 8. The number of thiophene rings is 1. The van der Waals surface area contributed by atoms with Crippen molar-refractivity contribution in [3.05, 3.63) is 91.1 Å². The number of benzene rings is 2. The standard InChI is InChI=1S/C25H21N5O4S2/c31-21(28-26-14-16-7-6-10-18(13-16)30(33)34)15-35-25-27-23-22(19-11-4-5-12-20(19)36-23)24(32)29(25)17-8-2-1-3-9-17/h1-3,6-10,13-14H,4-5,11-12,15H2,(H,28,31)/b26-14-. The molecule has 9 nitrogen and oxygen atoms in total. The molecule has 2 heterocycles. The largest absolute Gasteiger partial charge is 0.272 e. The van der Waals surface area contributed by atoms with E-state index in [2.05, 4.69) is 10.5 Å². The van der Waals surface area contributed by atoms with E-state index in [4.69, 9.17) is 4.98 Å². The Hall–Kier alpha value is -3.83. The zero-order chi connectivity index (χ0) is 25.1. The van der Waals surface area contributed by atoms with Crippen LogP contribution < -0.4 is 11.0 Å². The van der Waals surface area contributed by atoms with Crippen LogP contribution in [-0.4, -0.2) is 32.3 Å². The van der Waals surface area contributed by atoms with Gasteiger partial charge in [0.05, 0.1) is 28.0 Å². The number of rotatable bonds is 7. The maximum atomic E-state index is 13.7. The van der Waals surface area contributed by atoms with Gasteiger partial charge in [0, 0.05) is 22.6 Å². The zero-order valence-electron chi connectivity index (χ0n) is 19.0. The van der Waals surface area contributed by atoms with Crippen molar-refractivity contribution < 1.29 is 9.72 Å². The molecular formula is C25H21N5O4S2. The van der Waals surface area contributed by atoms with Crippen LogP contribution in [-0.2, 0) is 17.6 Å². The number of aryl methyl sites for hydroxylation is 2. The molecule has 0 radical (unpaired) electrons. The molecule has 1 aliphatic rings. The van der Waals surface area contributed by atoms with Crippen molar-refractivity contribution in [3.63, 3.8) is 0 Å². The van der Waals surface area contributed by atoms with Gasteiger partial charge in [-0.15, -0.1) is 11.3 Å². The third-order valence-electron chi connectivity index (χ3n) is 5.79. The maximum absolute atomic E-state index is 13.7. The lowest BCUT2D eigenvalue weighted by Crippen LogP contribution is -2.24. The third kappa shape index (κ3) is 4.93. The summed E-state index contributed by atoms with van der Waals surface area (Å²) in [6.45, 7) is 0. The van der Waals surface area contributed by atoms with Gasteiger partial charge in [-0.05, 0) is 43.4 Å². The van der Waals surface area contributed by atoms with Crippen LogP contribution in [0.1, 0.15) is 28.8 Å². The zero-order valence-corrected chi connectivity index (χ0v) is 20.7. The molecule has 0 unspecified atom stereocenters. The van der Waals surface area contributed by atoms with Gasteiger partial charge in [0.2, 0.25) is 0 Å². The number of thioether (sulfide) groups is 1. The Balaban J connectivity index is 1.38. The Bertz CT molecular complexity index is 1550. The van der Waals surface area contributed by atoms with Crippen LogP contribution in [0.4, 0.5) is 5.69 Å². The van der Waals surface area contributed by atoms with Gasteiger partial charge in [-0.25, -0.2) is 10.4 Å². The Morgan fingerprint density at radius 2 is 2.00 bits per heavy atom. The first kappa shape index (κ1) is 23.9. The summed E-state index contributed by atoms with van der Waals surface area (Å²) in [5.41, 5.74) is 4.56. The summed E-state index contributed by atoms with van der Waals surface area (Å²) in [5.74, 6) is -0.400. The number of non-ortho nitro benzene ring substituents is 1. The number of nitro groups is 1. The van der Waals surface area contributed by atoms with Crippen LogP contribution >= 0.6 is 23.1 Å². The van der Waals surface area contributed by atoms with Crippen LogP contribution in [0.15, 0.2) is 69.6 Å². The summed E-state index contributed by atoms with van der Waals surface area (Å²) < 4.78 is 1.58. The van der Waals surface area contributed by atoms with Gasteiger partial charge in [0.1, 0.15) is 4.83 Å². The van der Waals surface area contributed by atoms with Gasteiger partial charge < -0.3 is 0 Å². The molecule has 1 amide bonds. The molecule has 0 saturated carbocycles. The molecule has 0 saturated heterocycles. The van der Waals surface area contributed by atoms with Crippen molar-refractivity contribution in [2.24, 2.45) is 5.10 Å². The molecule has 11 heteroatoms. The number of hydrogen-bond donors (Lipinski definition) is 1. The number of amides is 1. The number of fused-ring (bicyclic) bond motifs is 3. The Kier molecular flexibility index (Phi) is 6.92. The Morgan fingerprint density at radius 1 is 1.19 bits per heavy atom. The van der Waals surface area contributed by atoms with Crippen molar-refractivity contribution in [1.82, 2.24) is 15.0 Å². The monoisotopic (exact) mass is 519 g/mol. The van der Waals surface area contributed by atoms with Gasteiger partial charge in [-0.1, -0.05) is 42.1 Å². The first-order valence-corrected chi connectivity index (χ1v) is 13.1. The first-order chi connectivity index (χ1) is 17.5. The van der Waals surface area contributed by atoms with E-state index in [0.29, 0.717) is 26.6 Å². The lowest BCUT2D eigenvalue weighted by molar-refractivity contribution is -0.384. The minimum Gasteiger partial charge on any atom is -0.272 e. The molecule has 36 heavy (non-hydrogen) atoms. The van der Waals surface area contributed by atoms with Crippen molar-refractivity contribution in [3.8, 4) is 5.69 Å². The predicted molar refractivity (Wildman–Crippen MR) is 141 cm³/mol. The van der Waals surface area contributed by atoms with Crippen LogP contribution in [0.25, 0.3) is 15.9 Å². The van der Waals surface area contributed by atoms with E-state index in [1.165, 1.54) is 23.2 Å². The number of nitro benzene ring substituents is 1. The SMILES string of the molecule is O=C(CSc1nc2sc3c(c2c(=O)n1-c1ccccc1)CCCC3)N/N=C\c1cccc([N+](=O)[O-])c1. The number of carbonyl (C=O) groups is 1. The minimum atomic E-state index is -0.493. The summed E-state index contributed by atoms with van der Waals surface area (Å²) in [4.78, 5) is 43.3. The highest BCUT2D eigenvalue weighted by Gasteiger charge is 2.23. The van der Waals surface area contributed by atoms with E-state index in [0.717, 1.165) is 43.0 Å². The second kappa shape index (κ2) is 10.4. The molecular weight excluding hydrogens is 498 g/mol. The smallest absolute Gasteiger partial charge is 0.270 e. The van der Waals surface area contributed by atoms with Crippen LogP contribution in [0.2, 0.25) is 0 Å². The lowest BCUT2D eigenvalue weighted by atomic mass is 9.97. The van der Waals surface area contributed by atoms with Gasteiger partial charge in [0.15, 0.2) is 5.16 Å². The van der Waals surface area contributed by atoms with Gasteiger partial charge in [-0.3, -0.25) is 24.3 Å². The fourth-order valence-corrected chi connectivity index (χ4v) is 6.26. The summed E-state index contributed by atoms with van der Waals surface area (Å²) in [7, 11) is 0. The molecule has 0 bridgehead atoms. The first-order valence-electron chi connectivity index (χ1n) is 11.3. The lowest BCUT2D eigenvalue weighted by Gasteiger charge is -2.13. The minimum absolute atomic E-state index is 0.0118. The highest BCUT2D eigenvalue weighted by Crippen LogP contribution is 2.35. The van der Waals surface area contributed by atoms with Crippen molar-refractivity contribution in [1.29, 1.82) is 0 Å². The molecule has 0 fully saturated rings. The predicted octanol–water partition coefficient (Wildman–Crippen LogP) is 4.48. The molecule has 0 spiro atoms. The van der Waals surface area contributed by atoms with E-state index < -0.39 is 4.92 Å². The summed E-state index contributed by atoms with van der Waals surface area (Å²) >= 11 is 2.73. The topological polar surface area (TPSA) is 119 Å². The highest BCUT2D eigenvalue weighted by molar-refractivity contribution is 7.99. The Labute approximate surface area is 214 Å². The maximum Gasteiger partial charge on any atom is 0.270 e. The van der Waals surface area contributed by atoms with Crippen molar-refractivity contribution >= 4 is 51.1 Å². The number of carbonyl (C=O) groups excluding carboxylic acids is 1. The summed E-state index contributed by atoms with van der Waals surface area (Å²) in [6.07, 6.45) is 5.38. The number of nitrogens with zero attached hydrogens (tertiary/aromatic N) is 4. The fourth-order valence-electron chi connectivity index (χ4n) is 4.15. The van der Waals surface area contributed by atoms with Crippen LogP contribution in [0.5, 0.6) is 0 Å². The second-order valence-corrected chi connectivity index (χ2v) is 10.2. The average Bonchev–Trinajstić information content (AvgIpc) is 3.27. The quantitative estimate of drug-likeness (QED) is 0.126. The Morgan fingerprint density at radius 3 is 2.81 bits per heavy atom. The van der Waals surface area contributed by atoms with E-state index >= 15 is 0 Å². The normalized spacial score (nSPS) is 13.1. The van der Waals surface area contributed by atoms with E-state index in [1.54, 1.807) is 28.0 Å². The van der Waals surface area contributed by atoms with Gasteiger partial charge in [0.25, 0.3) is 17.2 Å². The van der Waals surface area contributed by atoms with Crippen molar-refractivity contribution in [2.45, 2.75) is 30.8 Å². The fraction of sp³-hybridized carbons (Fsp3) is 0.200. The molecule has 4 aromatic rings. The number of aromatic nitrogens is 2. The van der Waals surface area contributed by atoms with E-state index in [-0.39, 0.29) is 22.9 Å². The molecule has 2 aromatic carbocycles. The molecule has 2 aromatic heterocycles. The summed E-state index contributed by atoms with van der Waals surface area (Å²) in [6, 6.07) is 15.2. The van der Waals surface area contributed by atoms with Crippen molar-refractivity contribution in [2.75, 3.05) is 5.75 Å². The molecule has 182 valence electrons. The van der Waals surface area contributed by atoms with Gasteiger partial charge >= 0.3 is 0 Å². The van der Waals surface area contributed by atoms with E-state index in [9.17, 15) is 19.7 Å². The van der Waals surface area contributed by atoms with Crippen LogP contribution in [0, 0.1) is 10.1 Å². The second-order valence-electron chi connectivity index (χ2n) is 8.20. The highest BCUT2D eigenvalue weighted by atomic mass is 32.2. The summed E-state index contributed by atoms with van der Waals surface area (Å²) in [5, 5.41) is 15.9. The number of nitrogens with one attached hydrogen (secondary N) is 1. The average molecular weight is 520 g/mol. The van der Waals surface area contributed by atoms with Gasteiger partial charge in [-0.2, -0.15) is 5.10 Å². The van der Waals surface area contributed by atoms with E-state index in [1.807, 2.05) is 30.3 Å². The number of para-hydroxylation sites is 1. The molecule has 0 aliphatic heterocycles. The molecule has 1 N–H and O–H groups in total. The molecule has 0 atom stereocenters. The molecule has 5 rings (SSSR count). The molecule has 1 aliphatic carbocycles. The number of hydrazone groups is 1. The third-order valence-corrected chi connectivity index (χ3v) is 7.91.